The highest BCUT2D eigenvalue weighted by atomic mass is 32.1. The molecule has 5 heteroatoms. The first-order valence-corrected chi connectivity index (χ1v) is 8.29. The molecular formula is C15H23N3OS. The van der Waals surface area contributed by atoms with E-state index in [0.717, 1.165) is 28.5 Å². The highest BCUT2D eigenvalue weighted by Gasteiger charge is 2.35. The van der Waals surface area contributed by atoms with Gasteiger partial charge in [-0.15, -0.1) is 11.3 Å². The molecule has 2 unspecified atom stereocenters. The van der Waals surface area contributed by atoms with Crippen molar-refractivity contribution in [1.29, 1.82) is 0 Å². The zero-order valence-corrected chi connectivity index (χ0v) is 13.1. The standard InChI is InChI=1S/C15H23N3OS/c1-10-8-17-6-4-3-5-12(17)9-18(10)15(19)14-7-13(16)11(2)20-14/h7,10,12H,3-6,8-9,16H2,1-2H3. The topological polar surface area (TPSA) is 49.6 Å². The number of nitrogen functional groups attached to an aromatic ring is 1. The Bertz CT molecular complexity index is 494. The molecule has 0 radical (unpaired) electrons. The number of nitrogens with two attached hydrogens (primary N) is 1. The molecular weight excluding hydrogens is 270 g/mol. The first kappa shape index (κ1) is 13.9. The van der Waals surface area contributed by atoms with Crippen LogP contribution < -0.4 is 5.73 Å². The number of piperazine rings is 1. The van der Waals surface area contributed by atoms with Gasteiger partial charge in [0.1, 0.15) is 0 Å². The fourth-order valence-corrected chi connectivity index (χ4v) is 4.28. The molecule has 2 atom stereocenters. The lowest BCUT2D eigenvalue weighted by atomic mass is 9.97. The van der Waals surface area contributed by atoms with Gasteiger partial charge >= 0.3 is 0 Å². The lowest BCUT2D eigenvalue weighted by Crippen LogP contribution is -2.60. The van der Waals surface area contributed by atoms with Crippen LogP contribution in [0.3, 0.4) is 0 Å². The van der Waals surface area contributed by atoms with Crippen LogP contribution in [0.4, 0.5) is 5.69 Å². The largest absolute Gasteiger partial charge is 0.398 e. The number of carbonyl (C=O) groups is 1. The molecule has 2 saturated heterocycles. The Labute approximate surface area is 124 Å². The number of piperidine rings is 1. The van der Waals surface area contributed by atoms with Crippen LogP contribution in [0.15, 0.2) is 6.07 Å². The Balaban J connectivity index is 1.77. The molecule has 1 aromatic heterocycles. The van der Waals surface area contributed by atoms with E-state index in [1.807, 2.05) is 13.0 Å². The van der Waals surface area contributed by atoms with Gasteiger partial charge in [-0.1, -0.05) is 6.42 Å². The summed E-state index contributed by atoms with van der Waals surface area (Å²) in [6.45, 7) is 7.21. The summed E-state index contributed by atoms with van der Waals surface area (Å²) in [5.41, 5.74) is 6.62. The third-order valence-corrected chi connectivity index (χ3v) is 5.67. The van der Waals surface area contributed by atoms with Gasteiger partial charge in [-0.25, -0.2) is 0 Å². The number of anilines is 1. The molecule has 0 spiro atoms. The Kier molecular flexibility index (Phi) is 3.73. The molecule has 2 fully saturated rings. The molecule has 0 aromatic carbocycles. The number of rotatable bonds is 1. The quantitative estimate of drug-likeness (QED) is 0.864. The SMILES string of the molecule is Cc1sc(C(=O)N2CC3CCCCN3CC2C)cc1N. The Morgan fingerprint density at radius 3 is 2.90 bits per heavy atom. The second kappa shape index (κ2) is 5.37. The minimum absolute atomic E-state index is 0.160. The summed E-state index contributed by atoms with van der Waals surface area (Å²) in [6, 6.07) is 2.69. The molecule has 4 nitrogen and oxygen atoms in total. The molecule has 20 heavy (non-hydrogen) atoms. The van der Waals surface area contributed by atoms with E-state index in [-0.39, 0.29) is 5.91 Å². The monoisotopic (exact) mass is 293 g/mol. The van der Waals surface area contributed by atoms with Crippen molar-refractivity contribution in [3.63, 3.8) is 0 Å². The molecule has 3 heterocycles. The maximum Gasteiger partial charge on any atom is 0.264 e. The molecule has 0 aliphatic carbocycles. The highest BCUT2D eigenvalue weighted by molar-refractivity contribution is 7.14. The van der Waals surface area contributed by atoms with Crippen molar-refractivity contribution in [3.8, 4) is 0 Å². The van der Waals surface area contributed by atoms with E-state index >= 15 is 0 Å². The van der Waals surface area contributed by atoms with Crippen LogP contribution >= 0.6 is 11.3 Å². The normalized spacial score (nSPS) is 27.4. The number of hydrogen-bond acceptors (Lipinski definition) is 4. The van der Waals surface area contributed by atoms with Crippen molar-refractivity contribution >= 4 is 22.9 Å². The Morgan fingerprint density at radius 2 is 2.20 bits per heavy atom. The van der Waals surface area contributed by atoms with Crippen molar-refractivity contribution in [2.75, 3.05) is 25.4 Å². The van der Waals surface area contributed by atoms with E-state index in [1.165, 1.54) is 37.1 Å². The third kappa shape index (κ3) is 2.44. The van der Waals surface area contributed by atoms with Crippen LogP contribution in [0.25, 0.3) is 0 Å². The number of fused-ring (bicyclic) bond motifs is 1. The fraction of sp³-hybridized carbons (Fsp3) is 0.667. The van der Waals surface area contributed by atoms with Crippen LogP contribution in [-0.2, 0) is 0 Å². The van der Waals surface area contributed by atoms with E-state index < -0.39 is 0 Å². The van der Waals surface area contributed by atoms with Gasteiger partial charge in [0.2, 0.25) is 0 Å². The second-order valence-electron chi connectivity index (χ2n) is 6.07. The maximum absolute atomic E-state index is 12.7. The predicted octanol–water partition coefficient (Wildman–Crippen LogP) is 2.34. The minimum Gasteiger partial charge on any atom is -0.398 e. The van der Waals surface area contributed by atoms with Crippen molar-refractivity contribution in [3.05, 3.63) is 15.8 Å². The third-order valence-electron chi connectivity index (χ3n) is 4.62. The summed E-state index contributed by atoms with van der Waals surface area (Å²) in [5, 5.41) is 0. The summed E-state index contributed by atoms with van der Waals surface area (Å²) in [7, 11) is 0. The molecule has 0 bridgehead atoms. The van der Waals surface area contributed by atoms with E-state index in [4.69, 9.17) is 5.73 Å². The maximum atomic E-state index is 12.7. The van der Waals surface area contributed by atoms with Crippen LogP contribution in [0.1, 0.15) is 40.7 Å². The molecule has 2 N–H and O–H groups in total. The van der Waals surface area contributed by atoms with E-state index in [1.54, 1.807) is 0 Å². The summed E-state index contributed by atoms with van der Waals surface area (Å²) >= 11 is 1.52. The van der Waals surface area contributed by atoms with Gasteiger partial charge in [0.25, 0.3) is 5.91 Å². The summed E-state index contributed by atoms with van der Waals surface area (Å²) in [4.78, 5) is 19.2. The van der Waals surface area contributed by atoms with Crippen molar-refractivity contribution in [2.24, 2.45) is 0 Å². The molecule has 2 aliphatic rings. The number of aryl methyl sites for hydroxylation is 1. The smallest absolute Gasteiger partial charge is 0.264 e. The van der Waals surface area contributed by atoms with Crippen molar-refractivity contribution in [1.82, 2.24) is 9.80 Å². The van der Waals surface area contributed by atoms with Crippen LogP contribution in [0.2, 0.25) is 0 Å². The summed E-state index contributed by atoms with van der Waals surface area (Å²) in [6.07, 6.45) is 3.82. The first-order chi connectivity index (χ1) is 9.56. The molecule has 3 rings (SSSR count). The zero-order chi connectivity index (χ0) is 14.3. The summed E-state index contributed by atoms with van der Waals surface area (Å²) in [5.74, 6) is 0.160. The predicted molar refractivity (Wildman–Crippen MR) is 83.2 cm³/mol. The van der Waals surface area contributed by atoms with E-state index in [9.17, 15) is 4.79 Å². The number of carbonyl (C=O) groups excluding carboxylic acids is 1. The highest BCUT2D eigenvalue weighted by Crippen LogP contribution is 2.29. The molecule has 0 saturated carbocycles. The van der Waals surface area contributed by atoms with Gasteiger partial charge in [-0.05, 0) is 39.3 Å². The average molecular weight is 293 g/mol. The first-order valence-electron chi connectivity index (χ1n) is 7.47. The molecule has 1 aromatic rings. The van der Waals surface area contributed by atoms with Gasteiger partial charge in [0.15, 0.2) is 0 Å². The van der Waals surface area contributed by atoms with Gasteiger partial charge in [-0.3, -0.25) is 9.69 Å². The Hall–Kier alpha value is -1.07. The van der Waals surface area contributed by atoms with Gasteiger partial charge < -0.3 is 10.6 Å². The van der Waals surface area contributed by atoms with Crippen molar-refractivity contribution in [2.45, 2.75) is 45.2 Å². The van der Waals surface area contributed by atoms with E-state index in [0.29, 0.717) is 12.1 Å². The van der Waals surface area contributed by atoms with Crippen LogP contribution in [0, 0.1) is 6.92 Å². The average Bonchev–Trinajstić information content (AvgIpc) is 2.77. The van der Waals surface area contributed by atoms with Gasteiger partial charge in [-0.2, -0.15) is 0 Å². The van der Waals surface area contributed by atoms with E-state index in [2.05, 4.69) is 16.7 Å². The van der Waals surface area contributed by atoms with Gasteiger partial charge in [0.05, 0.1) is 4.88 Å². The van der Waals surface area contributed by atoms with Crippen molar-refractivity contribution < 1.29 is 4.79 Å². The Morgan fingerprint density at radius 1 is 1.40 bits per heavy atom. The lowest BCUT2D eigenvalue weighted by molar-refractivity contribution is 0.0155. The number of hydrogen-bond donors (Lipinski definition) is 1. The van der Waals surface area contributed by atoms with Crippen LogP contribution in [-0.4, -0.2) is 47.4 Å². The molecule has 1 amide bonds. The molecule has 110 valence electrons. The van der Waals surface area contributed by atoms with Gasteiger partial charge in [0, 0.05) is 35.7 Å². The zero-order valence-electron chi connectivity index (χ0n) is 12.3. The molecule has 2 aliphatic heterocycles. The number of nitrogens with zero attached hydrogens (tertiary/aromatic N) is 2. The number of thiophene rings is 1. The lowest BCUT2D eigenvalue weighted by Gasteiger charge is -2.47. The minimum atomic E-state index is 0.160. The number of amides is 1. The second-order valence-corrected chi connectivity index (χ2v) is 7.33. The fourth-order valence-electron chi connectivity index (χ4n) is 3.38. The summed E-state index contributed by atoms with van der Waals surface area (Å²) < 4.78 is 0. The van der Waals surface area contributed by atoms with Crippen LogP contribution in [0.5, 0.6) is 0 Å².